The van der Waals surface area contributed by atoms with Crippen LogP contribution in [0.1, 0.15) is 24.5 Å². The molecule has 2 aromatic carbocycles. The molecule has 2 unspecified atom stereocenters. The van der Waals surface area contributed by atoms with Gasteiger partial charge in [0.05, 0.1) is 0 Å². The highest BCUT2D eigenvalue weighted by atomic mass is 127. The van der Waals surface area contributed by atoms with E-state index in [-0.39, 0.29) is 29.8 Å². The highest BCUT2D eigenvalue weighted by Gasteiger charge is 2.33. The van der Waals surface area contributed by atoms with E-state index in [1.54, 1.807) is 13.1 Å². The lowest BCUT2D eigenvalue weighted by Crippen LogP contribution is -2.38. The average Bonchev–Trinajstić information content (AvgIpc) is 3.32. The smallest absolute Gasteiger partial charge is 0.191 e. The van der Waals surface area contributed by atoms with Crippen LogP contribution in [0.3, 0.4) is 0 Å². The third kappa shape index (κ3) is 6.16. The number of halogens is 2. The van der Waals surface area contributed by atoms with Crippen LogP contribution in [-0.2, 0) is 13.2 Å². The van der Waals surface area contributed by atoms with Crippen molar-refractivity contribution >= 4 is 29.9 Å². The quantitative estimate of drug-likeness (QED) is 0.381. The van der Waals surface area contributed by atoms with Gasteiger partial charge in [-0.3, -0.25) is 4.99 Å². The molecule has 0 heterocycles. The molecule has 0 bridgehead atoms. The molecule has 1 fully saturated rings. The summed E-state index contributed by atoms with van der Waals surface area (Å²) < 4.78 is 18.9. The normalized spacial score (nSPS) is 18.7. The Balaban J connectivity index is 0.00000243. The molecule has 2 aromatic rings. The van der Waals surface area contributed by atoms with Gasteiger partial charge in [0.15, 0.2) is 5.96 Å². The van der Waals surface area contributed by atoms with Crippen LogP contribution in [-0.4, -0.2) is 19.0 Å². The lowest BCUT2D eigenvalue weighted by Gasteiger charge is -2.12. The zero-order valence-electron chi connectivity index (χ0n) is 15.0. The Kier molecular flexibility index (Phi) is 7.68. The van der Waals surface area contributed by atoms with E-state index < -0.39 is 0 Å². The molecule has 2 N–H and O–H groups in total. The molecular weight excluding hydrogens is 444 g/mol. The molecule has 3 rings (SSSR count). The fourth-order valence-electron chi connectivity index (χ4n) is 2.58. The van der Waals surface area contributed by atoms with E-state index >= 15 is 0 Å². The van der Waals surface area contributed by atoms with Crippen molar-refractivity contribution in [3.8, 4) is 5.75 Å². The van der Waals surface area contributed by atoms with Gasteiger partial charge in [-0.25, -0.2) is 4.39 Å². The zero-order valence-corrected chi connectivity index (χ0v) is 17.4. The summed E-state index contributed by atoms with van der Waals surface area (Å²) >= 11 is 0. The SMILES string of the molecule is CN=C(NCc1ccc(OCc2cccc(F)c2)cc1)NC1CC1C.I. The third-order valence-electron chi connectivity index (χ3n) is 4.33. The van der Waals surface area contributed by atoms with Crippen molar-refractivity contribution in [3.63, 3.8) is 0 Å². The van der Waals surface area contributed by atoms with Crippen molar-refractivity contribution < 1.29 is 9.13 Å². The predicted octanol–water partition coefficient (Wildman–Crippen LogP) is 4.10. The fraction of sp³-hybridized carbons (Fsp3) is 0.350. The maximum absolute atomic E-state index is 13.2. The van der Waals surface area contributed by atoms with E-state index in [0.29, 0.717) is 19.2 Å². The topological polar surface area (TPSA) is 45.7 Å². The van der Waals surface area contributed by atoms with Gasteiger partial charge in [0.25, 0.3) is 0 Å². The van der Waals surface area contributed by atoms with Gasteiger partial charge in [0.1, 0.15) is 18.2 Å². The number of hydrogen-bond donors (Lipinski definition) is 2. The molecule has 0 saturated heterocycles. The van der Waals surface area contributed by atoms with Crippen LogP contribution in [0, 0.1) is 11.7 Å². The minimum Gasteiger partial charge on any atom is -0.489 e. The molecule has 26 heavy (non-hydrogen) atoms. The van der Waals surface area contributed by atoms with Gasteiger partial charge in [-0.2, -0.15) is 0 Å². The minimum atomic E-state index is -0.245. The second-order valence-corrected chi connectivity index (χ2v) is 6.45. The van der Waals surface area contributed by atoms with Gasteiger partial charge in [-0.05, 0) is 47.7 Å². The molecule has 1 saturated carbocycles. The minimum absolute atomic E-state index is 0. The van der Waals surface area contributed by atoms with E-state index in [2.05, 4.69) is 22.5 Å². The third-order valence-corrected chi connectivity index (χ3v) is 4.33. The van der Waals surface area contributed by atoms with Crippen LogP contribution < -0.4 is 15.4 Å². The highest BCUT2D eigenvalue weighted by Crippen LogP contribution is 2.28. The summed E-state index contributed by atoms with van der Waals surface area (Å²) in [6.07, 6.45) is 1.21. The van der Waals surface area contributed by atoms with E-state index in [1.165, 1.54) is 18.6 Å². The van der Waals surface area contributed by atoms with Crippen molar-refractivity contribution in [2.24, 2.45) is 10.9 Å². The van der Waals surface area contributed by atoms with Crippen LogP contribution >= 0.6 is 24.0 Å². The van der Waals surface area contributed by atoms with Gasteiger partial charge in [-0.1, -0.05) is 31.2 Å². The zero-order chi connectivity index (χ0) is 17.6. The van der Waals surface area contributed by atoms with Crippen LogP contribution in [0.25, 0.3) is 0 Å². The second-order valence-electron chi connectivity index (χ2n) is 6.45. The number of benzene rings is 2. The maximum Gasteiger partial charge on any atom is 0.191 e. The van der Waals surface area contributed by atoms with Gasteiger partial charge < -0.3 is 15.4 Å². The first kappa shape index (κ1) is 20.5. The molecule has 0 aliphatic heterocycles. The first-order valence-electron chi connectivity index (χ1n) is 8.57. The lowest BCUT2D eigenvalue weighted by molar-refractivity contribution is 0.305. The molecule has 1 aliphatic rings. The molecular formula is C20H25FIN3O. The van der Waals surface area contributed by atoms with Crippen molar-refractivity contribution in [2.45, 2.75) is 32.5 Å². The summed E-state index contributed by atoms with van der Waals surface area (Å²) in [6.45, 7) is 3.28. The van der Waals surface area contributed by atoms with Gasteiger partial charge in [-0.15, -0.1) is 24.0 Å². The van der Waals surface area contributed by atoms with E-state index in [9.17, 15) is 4.39 Å². The van der Waals surface area contributed by atoms with Crippen molar-refractivity contribution in [1.29, 1.82) is 0 Å². The van der Waals surface area contributed by atoms with Crippen molar-refractivity contribution in [2.75, 3.05) is 7.05 Å². The summed E-state index contributed by atoms with van der Waals surface area (Å²) in [6, 6.07) is 14.9. The number of rotatable bonds is 6. The number of guanidine groups is 1. The molecule has 0 amide bonds. The number of aliphatic imine (C=N–C) groups is 1. The standard InChI is InChI=1S/C20H24FN3O.HI/c1-14-10-19(14)24-20(22-2)23-12-15-6-8-18(9-7-15)25-13-16-4-3-5-17(21)11-16;/h3-9,11,14,19H,10,12-13H2,1-2H3,(H2,22,23,24);1H. The molecule has 0 spiro atoms. The Morgan fingerprint density at radius 3 is 2.54 bits per heavy atom. The molecule has 0 radical (unpaired) electrons. The van der Waals surface area contributed by atoms with Crippen LogP contribution in [0.2, 0.25) is 0 Å². The lowest BCUT2D eigenvalue weighted by atomic mass is 10.2. The summed E-state index contributed by atoms with van der Waals surface area (Å²) in [7, 11) is 1.78. The molecule has 2 atom stereocenters. The summed E-state index contributed by atoms with van der Waals surface area (Å²) in [5, 5.41) is 6.72. The van der Waals surface area contributed by atoms with Crippen molar-refractivity contribution in [1.82, 2.24) is 10.6 Å². The van der Waals surface area contributed by atoms with Gasteiger partial charge in [0, 0.05) is 19.6 Å². The highest BCUT2D eigenvalue weighted by molar-refractivity contribution is 14.0. The largest absolute Gasteiger partial charge is 0.489 e. The molecule has 6 heteroatoms. The molecule has 4 nitrogen and oxygen atoms in total. The van der Waals surface area contributed by atoms with E-state index in [0.717, 1.165) is 28.8 Å². The average molecular weight is 469 g/mol. The van der Waals surface area contributed by atoms with Gasteiger partial charge in [0.2, 0.25) is 0 Å². The van der Waals surface area contributed by atoms with Crippen molar-refractivity contribution in [3.05, 3.63) is 65.5 Å². The molecule has 1 aliphatic carbocycles. The summed E-state index contributed by atoms with van der Waals surface area (Å²) in [5.74, 6) is 2.08. The summed E-state index contributed by atoms with van der Waals surface area (Å²) in [4.78, 5) is 4.24. The first-order chi connectivity index (χ1) is 12.1. The van der Waals surface area contributed by atoms with Crippen LogP contribution in [0.15, 0.2) is 53.5 Å². The summed E-state index contributed by atoms with van der Waals surface area (Å²) in [5.41, 5.74) is 1.96. The Morgan fingerprint density at radius 2 is 1.92 bits per heavy atom. The number of hydrogen-bond acceptors (Lipinski definition) is 2. The molecule has 0 aromatic heterocycles. The number of ether oxygens (including phenoxy) is 1. The number of nitrogens with one attached hydrogen (secondary N) is 2. The monoisotopic (exact) mass is 469 g/mol. The van der Waals surface area contributed by atoms with E-state index in [4.69, 9.17) is 4.74 Å². The second kappa shape index (κ2) is 9.75. The Hall–Kier alpha value is -1.83. The predicted molar refractivity (Wildman–Crippen MR) is 113 cm³/mol. The Labute approximate surface area is 171 Å². The van der Waals surface area contributed by atoms with E-state index in [1.807, 2.05) is 30.3 Å². The first-order valence-corrected chi connectivity index (χ1v) is 8.57. The fourth-order valence-corrected chi connectivity index (χ4v) is 2.58. The number of nitrogens with zero attached hydrogens (tertiary/aromatic N) is 1. The van der Waals surface area contributed by atoms with Gasteiger partial charge >= 0.3 is 0 Å². The Bertz CT molecular complexity index is 736. The van der Waals surface area contributed by atoms with Crippen LogP contribution in [0.4, 0.5) is 4.39 Å². The molecule has 140 valence electrons. The Morgan fingerprint density at radius 1 is 1.19 bits per heavy atom. The van der Waals surface area contributed by atoms with Crippen LogP contribution in [0.5, 0.6) is 5.75 Å². The maximum atomic E-state index is 13.2.